The van der Waals surface area contributed by atoms with Crippen LogP contribution < -0.4 is 0 Å². The molecule has 0 aliphatic rings. The van der Waals surface area contributed by atoms with E-state index in [0.29, 0.717) is 5.39 Å². The summed E-state index contributed by atoms with van der Waals surface area (Å²) in [6.07, 6.45) is -4.61. The minimum Gasteiger partial charge on any atom is -0.390 e. The maximum atomic E-state index is 13.1. The Labute approximate surface area is 142 Å². The van der Waals surface area contributed by atoms with Crippen LogP contribution in [-0.2, 0) is 22.8 Å². The second-order valence-electron chi connectivity index (χ2n) is 5.60. The van der Waals surface area contributed by atoms with Gasteiger partial charge >= 0.3 is 6.18 Å². The van der Waals surface area contributed by atoms with Gasteiger partial charge in [0.1, 0.15) is 0 Å². The smallest absolute Gasteiger partial charge is 0.390 e. The van der Waals surface area contributed by atoms with Gasteiger partial charge in [-0.1, -0.05) is 18.2 Å². The fourth-order valence-electron chi connectivity index (χ4n) is 2.77. The van der Waals surface area contributed by atoms with Crippen LogP contribution in [0.2, 0.25) is 0 Å². The SMILES string of the molecule is Cc1cc(C(F)(F)F)cc2c1cc(CO)n2S(=O)(=O)c1ccccc1. The number of aliphatic hydroxyl groups is 1. The molecule has 2 aromatic carbocycles. The lowest BCUT2D eigenvalue weighted by Gasteiger charge is -2.13. The molecule has 132 valence electrons. The van der Waals surface area contributed by atoms with E-state index in [4.69, 9.17) is 0 Å². The molecular weight excluding hydrogens is 355 g/mol. The molecule has 0 spiro atoms. The van der Waals surface area contributed by atoms with Crippen molar-refractivity contribution in [2.75, 3.05) is 0 Å². The lowest BCUT2D eigenvalue weighted by molar-refractivity contribution is -0.137. The van der Waals surface area contributed by atoms with Crippen LogP contribution in [0.5, 0.6) is 0 Å². The molecule has 0 amide bonds. The highest BCUT2D eigenvalue weighted by Gasteiger charge is 2.33. The molecule has 3 rings (SSSR count). The van der Waals surface area contributed by atoms with Gasteiger partial charge in [0.05, 0.1) is 28.3 Å². The van der Waals surface area contributed by atoms with Crippen molar-refractivity contribution in [3.8, 4) is 0 Å². The van der Waals surface area contributed by atoms with Crippen LogP contribution >= 0.6 is 0 Å². The summed E-state index contributed by atoms with van der Waals surface area (Å²) in [5.41, 5.74) is -0.771. The van der Waals surface area contributed by atoms with Crippen molar-refractivity contribution in [3.05, 3.63) is 65.4 Å². The van der Waals surface area contributed by atoms with Gasteiger partial charge < -0.3 is 5.11 Å². The van der Waals surface area contributed by atoms with Crippen LogP contribution in [0.15, 0.2) is 53.4 Å². The molecular formula is C17H14F3NO3S. The van der Waals surface area contributed by atoms with Crippen molar-refractivity contribution in [2.24, 2.45) is 0 Å². The van der Waals surface area contributed by atoms with Crippen LogP contribution in [0.3, 0.4) is 0 Å². The fourth-order valence-corrected chi connectivity index (χ4v) is 4.31. The fraction of sp³-hybridized carbons (Fsp3) is 0.176. The molecule has 8 heteroatoms. The molecule has 1 heterocycles. The Morgan fingerprint density at radius 2 is 1.72 bits per heavy atom. The Hall–Kier alpha value is -2.32. The number of aryl methyl sites for hydroxylation is 1. The van der Waals surface area contributed by atoms with E-state index in [1.165, 1.54) is 37.3 Å². The van der Waals surface area contributed by atoms with Gasteiger partial charge in [0.25, 0.3) is 10.0 Å². The highest BCUT2D eigenvalue weighted by molar-refractivity contribution is 7.90. The molecule has 0 atom stereocenters. The van der Waals surface area contributed by atoms with Gasteiger partial charge in [0.15, 0.2) is 0 Å². The Bertz CT molecular complexity index is 1040. The highest BCUT2D eigenvalue weighted by atomic mass is 32.2. The quantitative estimate of drug-likeness (QED) is 0.766. The van der Waals surface area contributed by atoms with Crippen molar-refractivity contribution in [1.29, 1.82) is 0 Å². The molecule has 0 unspecified atom stereocenters. The predicted octanol–water partition coefficient (Wildman–Crippen LogP) is 3.70. The van der Waals surface area contributed by atoms with Crippen LogP contribution in [0, 0.1) is 6.92 Å². The average molecular weight is 369 g/mol. The van der Waals surface area contributed by atoms with Gasteiger partial charge in [0.2, 0.25) is 0 Å². The molecule has 1 N–H and O–H groups in total. The van der Waals surface area contributed by atoms with E-state index in [9.17, 15) is 26.7 Å². The first-order valence-electron chi connectivity index (χ1n) is 7.30. The molecule has 0 bridgehead atoms. The molecule has 1 aromatic heterocycles. The number of fused-ring (bicyclic) bond motifs is 1. The summed E-state index contributed by atoms with van der Waals surface area (Å²) in [5.74, 6) is 0. The second kappa shape index (κ2) is 5.89. The standard InChI is InChI=1S/C17H14F3NO3S/c1-11-7-12(17(18,19)20)8-16-15(11)9-13(10-22)21(16)25(23,24)14-5-3-2-4-6-14/h2-9,22H,10H2,1H3. The number of hydrogen-bond donors (Lipinski definition) is 1. The monoisotopic (exact) mass is 369 g/mol. The molecule has 4 nitrogen and oxygen atoms in total. The molecule has 0 aliphatic heterocycles. The zero-order chi connectivity index (χ0) is 18.4. The zero-order valence-corrected chi connectivity index (χ0v) is 13.9. The van der Waals surface area contributed by atoms with E-state index in [1.54, 1.807) is 6.07 Å². The molecule has 0 saturated heterocycles. The number of nitrogens with zero attached hydrogens (tertiary/aromatic N) is 1. The lowest BCUT2D eigenvalue weighted by atomic mass is 10.1. The number of halogens is 3. The molecule has 0 radical (unpaired) electrons. The Kier molecular flexibility index (Phi) is 4.12. The first-order valence-corrected chi connectivity index (χ1v) is 8.74. The normalized spacial score (nSPS) is 12.7. The van der Waals surface area contributed by atoms with E-state index in [2.05, 4.69) is 0 Å². The highest BCUT2D eigenvalue weighted by Crippen LogP contribution is 2.35. The summed E-state index contributed by atoms with van der Waals surface area (Å²) in [4.78, 5) is -0.0720. The minimum atomic E-state index is -4.61. The summed E-state index contributed by atoms with van der Waals surface area (Å²) < 4.78 is 66.0. The first kappa shape index (κ1) is 17.5. The summed E-state index contributed by atoms with van der Waals surface area (Å²) in [7, 11) is -4.15. The topological polar surface area (TPSA) is 59.3 Å². The van der Waals surface area contributed by atoms with Crippen molar-refractivity contribution < 1.29 is 26.7 Å². The molecule has 0 aliphatic carbocycles. The zero-order valence-electron chi connectivity index (χ0n) is 13.1. The number of alkyl halides is 3. The first-order chi connectivity index (χ1) is 11.7. The predicted molar refractivity (Wildman–Crippen MR) is 86.6 cm³/mol. The second-order valence-corrected chi connectivity index (χ2v) is 7.39. The van der Waals surface area contributed by atoms with E-state index >= 15 is 0 Å². The van der Waals surface area contributed by atoms with Crippen LogP contribution in [-0.4, -0.2) is 17.5 Å². The van der Waals surface area contributed by atoms with Crippen molar-refractivity contribution in [3.63, 3.8) is 0 Å². The van der Waals surface area contributed by atoms with E-state index in [1.807, 2.05) is 0 Å². The van der Waals surface area contributed by atoms with Gasteiger partial charge in [-0.3, -0.25) is 0 Å². The Morgan fingerprint density at radius 1 is 1.08 bits per heavy atom. The molecule has 0 saturated carbocycles. The van der Waals surface area contributed by atoms with Crippen LogP contribution in [0.4, 0.5) is 13.2 Å². The minimum absolute atomic E-state index is 0.00118. The molecule has 0 fully saturated rings. The van der Waals surface area contributed by atoms with Gasteiger partial charge in [-0.25, -0.2) is 12.4 Å². The van der Waals surface area contributed by atoms with Gasteiger partial charge in [-0.15, -0.1) is 0 Å². The maximum absolute atomic E-state index is 13.1. The number of benzene rings is 2. The number of aromatic nitrogens is 1. The van der Waals surface area contributed by atoms with E-state index < -0.39 is 28.4 Å². The Morgan fingerprint density at radius 3 is 2.28 bits per heavy atom. The number of rotatable bonds is 3. The summed E-state index contributed by atoms with van der Waals surface area (Å²) in [6, 6.07) is 10.5. The maximum Gasteiger partial charge on any atom is 0.416 e. The third kappa shape index (κ3) is 2.91. The average Bonchev–Trinajstić information content (AvgIpc) is 2.95. The third-order valence-electron chi connectivity index (χ3n) is 3.93. The van der Waals surface area contributed by atoms with Gasteiger partial charge in [-0.2, -0.15) is 13.2 Å². The van der Waals surface area contributed by atoms with Crippen molar-refractivity contribution in [1.82, 2.24) is 3.97 Å². The van der Waals surface area contributed by atoms with E-state index in [0.717, 1.165) is 16.1 Å². The Balaban J connectivity index is 2.40. The molecule has 25 heavy (non-hydrogen) atoms. The summed E-state index contributed by atoms with van der Waals surface area (Å²) in [5, 5.41) is 9.89. The van der Waals surface area contributed by atoms with Crippen LogP contribution in [0.1, 0.15) is 16.8 Å². The van der Waals surface area contributed by atoms with Gasteiger partial charge in [-0.05, 0) is 42.8 Å². The van der Waals surface area contributed by atoms with Crippen molar-refractivity contribution in [2.45, 2.75) is 24.6 Å². The number of hydrogen-bond acceptors (Lipinski definition) is 3. The van der Waals surface area contributed by atoms with Crippen molar-refractivity contribution >= 4 is 20.9 Å². The third-order valence-corrected chi connectivity index (χ3v) is 5.71. The lowest BCUT2D eigenvalue weighted by Crippen LogP contribution is -2.16. The number of aliphatic hydroxyl groups excluding tert-OH is 1. The largest absolute Gasteiger partial charge is 0.416 e. The summed E-state index contributed by atoms with van der Waals surface area (Å²) in [6.45, 7) is 0.847. The van der Waals surface area contributed by atoms with E-state index in [-0.39, 0.29) is 21.7 Å². The van der Waals surface area contributed by atoms with Gasteiger partial charge in [0, 0.05) is 5.39 Å². The summed E-state index contributed by atoms with van der Waals surface area (Å²) >= 11 is 0. The van der Waals surface area contributed by atoms with Crippen LogP contribution in [0.25, 0.3) is 10.9 Å². The molecule has 3 aromatic rings.